The SMILES string of the molecule is Cc1nnc(NCC2(CO)CCCC2)c(C(=O)O)c1C. The molecule has 0 radical (unpaired) electrons. The van der Waals surface area contributed by atoms with Crippen LogP contribution in [0, 0.1) is 19.3 Å². The second-order valence-corrected chi connectivity index (χ2v) is 5.66. The second kappa shape index (κ2) is 5.75. The van der Waals surface area contributed by atoms with E-state index in [1.165, 1.54) is 0 Å². The Balaban J connectivity index is 2.21. The van der Waals surface area contributed by atoms with E-state index in [-0.39, 0.29) is 17.6 Å². The summed E-state index contributed by atoms with van der Waals surface area (Å²) in [5.74, 6) is -0.715. The van der Waals surface area contributed by atoms with Gasteiger partial charge in [-0.1, -0.05) is 12.8 Å². The Morgan fingerprint density at radius 2 is 1.95 bits per heavy atom. The first-order chi connectivity index (χ1) is 9.49. The lowest BCUT2D eigenvalue weighted by molar-refractivity contribution is 0.0696. The average Bonchev–Trinajstić information content (AvgIpc) is 2.89. The van der Waals surface area contributed by atoms with Crippen LogP contribution in [0.4, 0.5) is 5.82 Å². The highest BCUT2D eigenvalue weighted by Crippen LogP contribution is 2.37. The van der Waals surface area contributed by atoms with Gasteiger partial charge in [-0.3, -0.25) is 0 Å². The van der Waals surface area contributed by atoms with Crippen LogP contribution in [0.2, 0.25) is 0 Å². The maximum Gasteiger partial charge on any atom is 0.339 e. The molecule has 1 aromatic rings. The van der Waals surface area contributed by atoms with Gasteiger partial charge in [0.1, 0.15) is 5.56 Å². The number of aromatic carboxylic acids is 1. The number of nitrogens with one attached hydrogen (secondary N) is 1. The standard InChI is InChI=1S/C14H21N3O3/c1-9-10(2)16-17-12(11(9)13(19)20)15-7-14(8-18)5-3-4-6-14/h18H,3-8H2,1-2H3,(H,15,17)(H,19,20). The first-order valence-electron chi connectivity index (χ1n) is 6.91. The number of carboxylic acid groups (broad SMARTS) is 1. The topological polar surface area (TPSA) is 95.3 Å². The zero-order valence-electron chi connectivity index (χ0n) is 11.9. The Hall–Kier alpha value is -1.69. The van der Waals surface area contributed by atoms with Crippen molar-refractivity contribution >= 4 is 11.8 Å². The normalized spacial score (nSPS) is 17.1. The summed E-state index contributed by atoms with van der Waals surface area (Å²) in [7, 11) is 0. The van der Waals surface area contributed by atoms with Crippen molar-refractivity contribution in [1.29, 1.82) is 0 Å². The molecule has 3 N–H and O–H groups in total. The smallest absolute Gasteiger partial charge is 0.339 e. The fourth-order valence-corrected chi connectivity index (χ4v) is 2.78. The molecule has 1 saturated carbocycles. The van der Waals surface area contributed by atoms with Gasteiger partial charge < -0.3 is 15.5 Å². The number of anilines is 1. The summed E-state index contributed by atoms with van der Waals surface area (Å²) < 4.78 is 0. The molecular weight excluding hydrogens is 258 g/mol. The molecule has 0 saturated heterocycles. The number of aliphatic hydroxyl groups is 1. The zero-order chi connectivity index (χ0) is 14.8. The van der Waals surface area contributed by atoms with E-state index in [1.54, 1.807) is 13.8 Å². The fraction of sp³-hybridized carbons (Fsp3) is 0.643. The largest absolute Gasteiger partial charge is 0.478 e. The van der Waals surface area contributed by atoms with Gasteiger partial charge in [0.15, 0.2) is 5.82 Å². The first kappa shape index (κ1) is 14.7. The van der Waals surface area contributed by atoms with Crippen LogP contribution in [-0.2, 0) is 0 Å². The molecule has 1 fully saturated rings. The lowest BCUT2D eigenvalue weighted by Crippen LogP contribution is -2.31. The van der Waals surface area contributed by atoms with Gasteiger partial charge in [0, 0.05) is 12.0 Å². The maximum atomic E-state index is 11.4. The third-order valence-corrected chi connectivity index (χ3v) is 4.30. The third-order valence-electron chi connectivity index (χ3n) is 4.30. The second-order valence-electron chi connectivity index (χ2n) is 5.66. The summed E-state index contributed by atoms with van der Waals surface area (Å²) in [6.07, 6.45) is 4.12. The van der Waals surface area contributed by atoms with E-state index >= 15 is 0 Å². The summed E-state index contributed by atoms with van der Waals surface area (Å²) in [6.45, 7) is 4.11. The van der Waals surface area contributed by atoms with E-state index in [0.717, 1.165) is 25.7 Å². The van der Waals surface area contributed by atoms with Crippen LogP contribution < -0.4 is 5.32 Å². The minimum absolute atomic E-state index is 0.112. The highest BCUT2D eigenvalue weighted by molar-refractivity contribution is 5.94. The number of rotatable bonds is 5. The summed E-state index contributed by atoms with van der Waals surface area (Å²) >= 11 is 0. The molecule has 0 spiro atoms. The van der Waals surface area contributed by atoms with Crippen LogP contribution in [0.25, 0.3) is 0 Å². The molecule has 0 amide bonds. The van der Waals surface area contributed by atoms with Crippen molar-refractivity contribution in [3.63, 3.8) is 0 Å². The number of nitrogens with zero attached hydrogens (tertiary/aromatic N) is 2. The Morgan fingerprint density at radius 3 is 2.50 bits per heavy atom. The van der Waals surface area contributed by atoms with E-state index < -0.39 is 5.97 Å². The quantitative estimate of drug-likeness (QED) is 0.760. The molecule has 20 heavy (non-hydrogen) atoms. The van der Waals surface area contributed by atoms with Gasteiger partial charge in [-0.2, -0.15) is 5.10 Å². The van der Waals surface area contributed by atoms with Crippen LogP contribution in [0.1, 0.15) is 47.3 Å². The number of aromatic nitrogens is 2. The Bertz CT molecular complexity index is 511. The lowest BCUT2D eigenvalue weighted by atomic mass is 9.87. The summed E-state index contributed by atoms with van der Waals surface area (Å²) in [4.78, 5) is 11.4. The van der Waals surface area contributed by atoms with Gasteiger partial charge in [0.25, 0.3) is 0 Å². The molecule has 1 aromatic heterocycles. The molecular formula is C14H21N3O3. The van der Waals surface area contributed by atoms with Gasteiger partial charge in [-0.05, 0) is 32.3 Å². The van der Waals surface area contributed by atoms with Crippen LogP contribution in [0.3, 0.4) is 0 Å². The van der Waals surface area contributed by atoms with Gasteiger partial charge in [0.05, 0.1) is 12.3 Å². The Labute approximate surface area is 118 Å². The highest BCUT2D eigenvalue weighted by atomic mass is 16.4. The Morgan fingerprint density at radius 1 is 1.30 bits per heavy atom. The monoisotopic (exact) mass is 279 g/mol. The minimum atomic E-state index is -1.01. The molecule has 0 aromatic carbocycles. The zero-order valence-corrected chi connectivity index (χ0v) is 11.9. The average molecular weight is 279 g/mol. The summed E-state index contributed by atoms with van der Waals surface area (Å²) in [5.41, 5.74) is 1.25. The maximum absolute atomic E-state index is 11.4. The lowest BCUT2D eigenvalue weighted by Gasteiger charge is -2.27. The molecule has 2 rings (SSSR count). The van der Waals surface area contributed by atoms with Gasteiger partial charge in [-0.25, -0.2) is 4.79 Å². The molecule has 6 heteroatoms. The first-order valence-corrected chi connectivity index (χ1v) is 6.91. The van der Waals surface area contributed by atoms with Crippen molar-refractivity contribution in [2.45, 2.75) is 39.5 Å². The minimum Gasteiger partial charge on any atom is -0.478 e. The van der Waals surface area contributed by atoms with Crippen LogP contribution in [0.15, 0.2) is 0 Å². The highest BCUT2D eigenvalue weighted by Gasteiger charge is 2.33. The molecule has 1 heterocycles. The van der Waals surface area contributed by atoms with Crippen molar-refractivity contribution in [3.05, 3.63) is 16.8 Å². The number of aryl methyl sites for hydroxylation is 1. The van der Waals surface area contributed by atoms with Crippen molar-refractivity contribution in [2.24, 2.45) is 5.41 Å². The number of carbonyl (C=O) groups is 1. The Kier molecular flexibility index (Phi) is 4.23. The van der Waals surface area contributed by atoms with E-state index in [1.807, 2.05) is 0 Å². The van der Waals surface area contributed by atoms with Crippen molar-refractivity contribution in [3.8, 4) is 0 Å². The van der Waals surface area contributed by atoms with E-state index in [0.29, 0.717) is 23.6 Å². The number of carboxylic acids is 1. The van der Waals surface area contributed by atoms with Crippen molar-refractivity contribution in [1.82, 2.24) is 10.2 Å². The van der Waals surface area contributed by atoms with Crippen molar-refractivity contribution in [2.75, 3.05) is 18.5 Å². The summed E-state index contributed by atoms with van der Waals surface area (Å²) in [5, 5.41) is 29.9. The van der Waals surface area contributed by atoms with Gasteiger partial charge in [-0.15, -0.1) is 5.10 Å². The number of hydrogen-bond acceptors (Lipinski definition) is 5. The predicted molar refractivity (Wildman–Crippen MR) is 74.9 cm³/mol. The molecule has 110 valence electrons. The van der Waals surface area contributed by atoms with Crippen LogP contribution in [0.5, 0.6) is 0 Å². The molecule has 1 aliphatic carbocycles. The van der Waals surface area contributed by atoms with E-state index in [4.69, 9.17) is 0 Å². The van der Waals surface area contributed by atoms with Crippen LogP contribution >= 0.6 is 0 Å². The van der Waals surface area contributed by atoms with E-state index in [9.17, 15) is 15.0 Å². The van der Waals surface area contributed by atoms with Gasteiger partial charge in [0.2, 0.25) is 0 Å². The number of hydrogen-bond donors (Lipinski definition) is 3. The van der Waals surface area contributed by atoms with Gasteiger partial charge >= 0.3 is 5.97 Å². The molecule has 0 bridgehead atoms. The van der Waals surface area contributed by atoms with E-state index in [2.05, 4.69) is 15.5 Å². The molecule has 6 nitrogen and oxygen atoms in total. The summed E-state index contributed by atoms with van der Waals surface area (Å²) in [6, 6.07) is 0. The van der Waals surface area contributed by atoms with Crippen LogP contribution in [-0.4, -0.2) is 39.5 Å². The molecule has 1 aliphatic rings. The fourth-order valence-electron chi connectivity index (χ4n) is 2.78. The number of aliphatic hydroxyl groups excluding tert-OH is 1. The third kappa shape index (κ3) is 2.75. The molecule has 0 unspecified atom stereocenters. The molecule has 0 atom stereocenters. The predicted octanol–water partition coefficient (Wildman–Crippen LogP) is 1.76. The molecule has 0 aliphatic heterocycles. The van der Waals surface area contributed by atoms with Crippen molar-refractivity contribution < 1.29 is 15.0 Å².